The molecule has 0 aliphatic carbocycles. The van der Waals surface area contributed by atoms with Crippen molar-refractivity contribution in [3.63, 3.8) is 0 Å². The van der Waals surface area contributed by atoms with Crippen LogP contribution in [0.5, 0.6) is 5.75 Å². The molecule has 0 aromatic heterocycles. The Hall–Kier alpha value is -1.75. The molecule has 2 aliphatic heterocycles. The van der Waals surface area contributed by atoms with Crippen molar-refractivity contribution >= 4 is 6.09 Å². The first-order valence-electron chi connectivity index (χ1n) is 9.19. The highest BCUT2D eigenvalue weighted by atomic mass is 16.6. The maximum atomic E-state index is 12.3. The highest BCUT2D eigenvalue weighted by molar-refractivity contribution is 5.68. The van der Waals surface area contributed by atoms with Gasteiger partial charge < -0.3 is 19.5 Å². The molecule has 1 fully saturated rings. The number of nitrogens with zero attached hydrogens (tertiary/aromatic N) is 1. The number of amides is 1. The van der Waals surface area contributed by atoms with Gasteiger partial charge in [0.25, 0.3) is 0 Å². The van der Waals surface area contributed by atoms with Gasteiger partial charge in [-0.15, -0.1) is 0 Å². The average molecular weight is 347 g/mol. The second kappa shape index (κ2) is 6.87. The SMILES string of the molecule is CC(C)(C)OC(=O)N1CCC2(CC1)CC(CCO)c1ccccc1O2. The fourth-order valence-electron chi connectivity index (χ4n) is 3.89. The minimum atomic E-state index is -0.473. The zero-order valence-electron chi connectivity index (χ0n) is 15.5. The molecule has 5 nitrogen and oxygen atoms in total. The van der Waals surface area contributed by atoms with Crippen molar-refractivity contribution in [1.82, 2.24) is 4.90 Å². The lowest BCUT2D eigenvalue weighted by Crippen LogP contribution is -2.52. The number of hydrogen-bond donors (Lipinski definition) is 1. The van der Waals surface area contributed by atoms with E-state index in [1.54, 1.807) is 4.90 Å². The molecule has 1 amide bonds. The molecule has 1 aromatic carbocycles. The summed E-state index contributed by atoms with van der Waals surface area (Å²) in [6.45, 7) is 7.12. The van der Waals surface area contributed by atoms with E-state index >= 15 is 0 Å². The lowest BCUT2D eigenvalue weighted by Gasteiger charge is -2.47. The fraction of sp³-hybridized carbons (Fsp3) is 0.650. The monoisotopic (exact) mass is 347 g/mol. The molecule has 1 atom stereocenters. The van der Waals surface area contributed by atoms with Crippen LogP contribution < -0.4 is 4.74 Å². The number of benzene rings is 1. The summed E-state index contributed by atoms with van der Waals surface area (Å²) in [6, 6.07) is 8.12. The number of aliphatic hydroxyl groups excluding tert-OH is 1. The van der Waals surface area contributed by atoms with Gasteiger partial charge in [-0.05, 0) is 51.2 Å². The molecule has 1 N–H and O–H groups in total. The minimum absolute atomic E-state index is 0.180. The molecule has 0 saturated carbocycles. The van der Waals surface area contributed by atoms with Crippen LogP contribution in [0.15, 0.2) is 24.3 Å². The molecule has 25 heavy (non-hydrogen) atoms. The van der Waals surface area contributed by atoms with E-state index in [2.05, 4.69) is 6.07 Å². The third-order valence-electron chi connectivity index (χ3n) is 5.11. The van der Waals surface area contributed by atoms with E-state index in [0.717, 1.165) is 31.4 Å². The smallest absolute Gasteiger partial charge is 0.410 e. The number of hydrogen-bond acceptors (Lipinski definition) is 4. The second-order valence-corrected chi connectivity index (χ2v) is 8.20. The van der Waals surface area contributed by atoms with Gasteiger partial charge in [0.05, 0.1) is 0 Å². The number of rotatable bonds is 2. The Balaban J connectivity index is 1.70. The van der Waals surface area contributed by atoms with Crippen LogP contribution in [0.1, 0.15) is 57.9 Å². The predicted molar refractivity (Wildman–Crippen MR) is 95.9 cm³/mol. The van der Waals surface area contributed by atoms with Crippen LogP contribution in [0, 0.1) is 0 Å². The maximum Gasteiger partial charge on any atom is 0.410 e. The summed E-state index contributed by atoms with van der Waals surface area (Å²) in [4.78, 5) is 14.1. The summed E-state index contributed by atoms with van der Waals surface area (Å²) >= 11 is 0. The second-order valence-electron chi connectivity index (χ2n) is 8.20. The average Bonchev–Trinajstić information content (AvgIpc) is 2.54. The molecule has 0 radical (unpaired) electrons. The maximum absolute atomic E-state index is 12.3. The molecule has 1 unspecified atom stereocenters. The summed E-state index contributed by atoms with van der Waals surface area (Å²) in [5.74, 6) is 1.24. The molecule has 1 saturated heterocycles. The normalized spacial score (nSPS) is 22.2. The lowest BCUT2D eigenvalue weighted by molar-refractivity contribution is -0.0336. The van der Waals surface area contributed by atoms with Gasteiger partial charge in [-0.25, -0.2) is 4.79 Å². The zero-order chi connectivity index (χ0) is 18.1. The number of carbonyl (C=O) groups excluding carboxylic acids is 1. The van der Waals surface area contributed by atoms with Crippen LogP contribution >= 0.6 is 0 Å². The first kappa shape index (κ1) is 18.1. The van der Waals surface area contributed by atoms with E-state index in [1.165, 1.54) is 5.56 Å². The fourth-order valence-corrected chi connectivity index (χ4v) is 3.89. The predicted octanol–water partition coefficient (Wildman–Crippen LogP) is 3.70. The van der Waals surface area contributed by atoms with Gasteiger partial charge in [0.15, 0.2) is 0 Å². The molecular weight excluding hydrogens is 318 g/mol. The number of piperidine rings is 1. The van der Waals surface area contributed by atoms with E-state index in [-0.39, 0.29) is 18.3 Å². The highest BCUT2D eigenvalue weighted by Gasteiger charge is 2.44. The third kappa shape index (κ3) is 4.09. The number of para-hydroxylation sites is 1. The van der Waals surface area contributed by atoms with Crippen LogP contribution in [0.4, 0.5) is 4.79 Å². The molecule has 0 bridgehead atoms. The van der Waals surface area contributed by atoms with E-state index in [1.807, 2.05) is 39.0 Å². The Bertz CT molecular complexity index is 614. The Labute approximate surface area is 149 Å². The zero-order valence-corrected chi connectivity index (χ0v) is 15.5. The Kier molecular flexibility index (Phi) is 4.96. The van der Waals surface area contributed by atoms with E-state index in [9.17, 15) is 9.90 Å². The largest absolute Gasteiger partial charge is 0.487 e. The van der Waals surface area contributed by atoms with Crippen molar-refractivity contribution in [2.75, 3.05) is 19.7 Å². The van der Waals surface area contributed by atoms with Crippen molar-refractivity contribution in [1.29, 1.82) is 0 Å². The number of ether oxygens (including phenoxy) is 2. The van der Waals surface area contributed by atoms with Gasteiger partial charge >= 0.3 is 6.09 Å². The standard InChI is InChI=1S/C20H29NO4/c1-19(2,3)25-18(23)21-11-9-20(10-12-21)14-15(8-13-22)16-6-4-5-7-17(16)24-20/h4-7,15,22H,8-14H2,1-3H3. The van der Waals surface area contributed by atoms with E-state index in [4.69, 9.17) is 9.47 Å². The molecule has 2 aliphatic rings. The summed E-state index contributed by atoms with van der Waals surface area (Å²) in [6.07, 6.45) is 2.99. The summed E-state index contributed by atoms with van der Waals surface area (Å²) in [7, 11) is 0. The Morgan fingerprint density at radius 3 is 2.64 bits per heavy atom. The Morgan fingerprint density at radius 2 is 2.00 bits per heavy atom. The van der Waals surface area contributed by atoms with Crippen LogP contribution in [0.2, 0.25) is 0 Å². The molecule has 5 heteroatoms. The molecule has 2 heterocycles. The molecule has 138 valence electrons. The summed E-state index contributed by atoms with van der Waals surface area (Å²) in [5.41, 5.74) is 0.475. The molecule has 1 aromatic rings. The number of aliphatic hydroxyl groups is 1. The van der Waals surface area contributed by atoms with E-state index in [0.29, 0.717) is 19.0 Å². The van der Waals surface area contributed by atoms with Crippen molar-refractivity contribution < 1.29 is 19.4 Å². The van der Waals surface area contributed by atoms with Crippen molar-refractivity contribution in [3.8, 4) is 5.75 Å². The molecule has 3 rings (SSSR count). The molecule has 1 spiro atoms. The Morgan fingerprint density at radius 1 is 1.32 bits per heavy atom. The first-order chi connectivity index (χ1) is 11.8. The number of likely N-dealkylation sites (tertiary alicyclic amines) is 1. The lowest BCUT2D eigenvalue weighted by atomic mass is 9.76. The number of carbonyl (C=O) groups is 1. The van der Waals surface area contributed by atoms with Crippen molar-refractivity contribution in [3.05, 3.63) is 29.8 Å². The van der Waals surface area contributed by atoms with Crippen LogP contribution in [-0.4, -0.2) is 47.0 Å². The quantitative estimate of drug-likeness (QED) is 0.886. The van der Waals surface area contributed by atoms with Gasteiger partial charge in [0.1, 0.15) is 17.0 Å². The minimum Gasteiger partial charge on any atom is -0.487 e. The van der Waals surface area contributed by atoms with Gasteiger partial charge in [-0.1, -0.05) is 18.2 Å². The van der Waals surface area contributed by atoms with Gasteiger partial charge in [-0.2, -0.15) is 0 Å². The van der Waals surface area contributed by atoms with E-state index < -0.39 is 5.60 Å². The van der Waals surface area contributed by atoms with Crippen LogP contribution in [-0.2, 0) is 4.74 Å². The van der Waals surface area contributed by atoms with Gasteiger partial charge in [0.2, 0.25) is 0 Å². The molecular formula is C20H29NO4. The summed E-state index contributed by atoms with van der Waals surface area (Å²) < 4.78 is 11.9. The third-order valence-corrected chi connectivity index (χ3v) is 5.11. The van der Waals surface area contributed by atoms with Crippen LogP contribution in [0.3, 0.4) is 0 Å². The van der Waals surface area contributed by atoms with Gasteiger partial charge in [0, 0.05) is 32.5 Å². The first-order valence-corrected chi connectivity index (χ1v) is 9.19. The summed E-state index contributed by atoms with van der Waals surface area (Å²) in [5, 5.41) is 9.44. The van der Waals surface area contributed by atoms with Crippen molar-refractivity contribution in [2.45, 2.75) is 63.6 Å². The van der Waals surface area contributed by atoms with Crippen LogP contribution in [0.25, 0.3) is 0 Å². The highest BCUT2D eigenvalue weighted by Crippen LogP contribution is 2.46. The van der Waals surface area contributed by atoms with Gasteiger partial charge in [-0.3, -0.25) is 0 Å². The number of fused-ring (bicyclic) bond motifs is 1. The topological polar surface area (TPSA) is 59.0 Å². The van der Waals surface area contributed by atoms with Crippen molar-refractivity contribution in [2.24, 2.45) is 0 Å².